The number of furan rings is 1. The van der Waals surface area contributed by atoms with Crippen molar-refractivity contribution in [2.24, 2.45) is 0 Å². The third kappa shape index (κ3) is 1.64. The SMILES string of the molecule is O=C(Nc1noc2c(F)cccc12)c1ccco1. The molecule has 0 radical (unpaired) electrons. The Kier molecular flexibility index (Phi) is 2.33. The van der Waals surface area contributed by atoms with E-state index in [1.54, 1.807) is 12.1 Å². The van der Waals surface area contributed by atoms with Crippen LogP contribution in [0.5, 0.6) is 0 Å². The van der Waals surface area contributed by atoms with Gasteiger partial charge in [0.1, 0.15) is 0 Å². The molecule has 6 heteroatoms. The Labute approximate surface area is 100 Å². The maximum absolute atomic E-state index is 13.3. The van der Waals surface area contributed by atoms with Crippen LogP contribution in [-0.4, -0.2) is 11.1 Å². The van der Waals surface area contributed by atoms with E-state index in [0.717, 1.165) is 0 Å². The van der Waals surface area contributed by atoms with Crippen LogP contribution in [0, 0.1) is 5.82 Å². The first kappa shape index (κ1) is 10.5. The number of anilines is 1. The average molecular weight is 246 g/mol. The van der Waals surface area contributed by atoms with Crippen LogP contribution < -0.4 is 5.32 Å². The topological polar surface area (TPSA) is 68.3 Å². The number of amides is 1. The predicted molar refractivity (Wildman–Crippen MR) is 60.6 cm³/mol. The molecule has 2 aromatic heterocycles. The Morgan fingerprint density at radius 2 is 2.17 bits per heavy atom. The van der Waals surface area contributed by atoms with Crippen molar-refractivity contribution in [3.63, 3.8) is 0 Å². The molecule has 3 rings (SSSR count). The van der Waals surface area contributed by atoms with Crippen molar-refractivity contribution in [3.8, 4) is 0 Å². The highest BCUT2D eigenvalue weighted by Gasteiger charge is 2.16. The van der Waals surface area contributed by atoms with Crippen LogP contribution in [-0.2, 0) is 0 Å². The van der Waals surface area contributed by atoms with Gasteiger partial charge in [0.15, 0.2) is 17.4 Å². The van der Waals surface area contributed by atoms with E-state index in [1.165, 1.54) is 24.5 Å². The van der Waals surface area contributed by atoms with Crippen molar-refractivity contribution < 1.29 is 18.1 Å². The minimum absolute atomic E-state index is 0.00671. The molecule has 2 heterocycles. The minimum Gasteiger partial charge on any atom is -0.459 e. The molecule has 0 aliphatic carbocycles. The van der Waals surface area contributed by atoms with Crippen LogP contribution in [0.1, 0.15) is 10.6 Å². The summed E-state index contributed by atoms with van der Waals surface area (Å²) in [6, 6.07) is 7.48. The third-order valence-electron chi connectivity index (χ3n) is 2.43. The van der Waals surface area contributed by atoms with Crippen LogP contribution >= 0.6 is 0 Å². The van der Waals surface area contributed by atoms with E-state index in [-0.39, 0.29) is 17.2 Å². The molecule has 0 fully saturated rings. The summed E-state index contributed by atoms with van der Waals surface area (Å²) in [5.74, 6) is -0.702. The molecule has 18 heavy (non-hydrogen) atoms. The van der Waals surface area contributed by atoms with Gasteiger partial charge in [-0.15, -0.1) is 0 Å². The lowest BCUT2D eigenvalue weighted by molar-refractivity contribution is 0.0996. The number of hydrogen-bond donors (Lipinski definition) is 1. The predicted octanol–water partition coefficient (Wildman–Crippen LogP) is 2.81. The number of carbonyl (C=O) groups is 1. The van der Waals surface area contributed by atoms with E-state index >= 15 is 0 Å². The van der Waals surface area contributed by atoms with Crippen molar-refractivity contribution in [2.45, 2.75) is 0 Å². The fourth-order valence-corrected chi connectivity index (χ4v) is 1.60. The van der Waals surface area contributed by atoms with Gasteiger partial charge in [-0.25, -0.2) is 4.39 Å². The largest absolute Gasteiger partial charge is 0.459 e. The van der Waals surface area contributed by atoms with E-state index in [2.05, 4.69) is 10.5 Å². The molecule has 1 N–H and O–H groups in total. The van der Waals surface area contributed by atoms with Gasteiger partial charge in [-0.05, 0) is 24.3 Å². The Balaban J connectivity index is 1.96. The Morgan fingerprint density at radius 3 is 2.94 bits per heavy atom. The number of carbonyl (C=O) groups excluding carboxylic acids is 1. The van der Waals surface area contributed by atoms with Crippen LogP contribution in [0.4, 0.5) is 10.2 Å². The van der Waals surface area contributed by atoms with Crippen LogP contribution in [0.25, 0.3) is 11.0 Å². The molecule has 3 aromatic rings. The first-order valence-electron chi connectivity index (χ1n) is 5.14. The average Bonchev–Trinajstić information content (AvgIpc) is 2.99. The standard InChI is InChI=1S/C12H7FN2O3/c13-8-4-1-3-7-10(8)18-15-11(7)14-12(16)9-5-2-6-17-9/h1-6H,(H,14,15,16). The van der Waals surface area contributed by atoms with E-state index in [0.29, 0.717) is 5.39 Å². The summed E-state index contributed by atoms with van der Waals surface area (Å²) < 4.78 is 23.1. The van der Waals surface area contributed by atoms with Crippen LogP contribution in [0.2, 0.25) is 0 Å². The lowest BCUT2D eigenvalue weighted by Gasteiger charge is -1.97. The number of hydrogen-bond acceptors (Lipinski definition) is 4. The number of nitrogens with one attached hydrogen (secondary N) is 1. The van der Waals surface area contributed by atoms with Crippen LogP contribution in [0.15, 0.2) is 45.5 Å². The van der Waals surface area contributed by atoms with Gasteiger partial charge in [-0.1, -0.05) is 11.2 Å². The highest BCUT2D eigenvalue weighted by atomic mass is 19.1. The van der Waals surface area contributed by atoms with E-state index in [1.807, 2.05) is 0 Å². The molecular weight excluding hydrogens is 239 g/mol. The number of para-hydroxylation sites is 1. The molecule has 0 aliphatic rings. The molecular formula is C12H7FN2O3. The Hall–Kier alpha value is -2.63. The Morgan fingerprint density at radius 1 is 1.28 bits per heavy atom. The van der Waals surface area contributed by atoms with Gasteiger partial charge in [-0.2, -0.15) is 0 Å². The van der Waals surface area contributed by atoms with Gasteiger partial charge in [0, 0.05) is 0 Å². The van der Waals surface area contributed by atoms with Gasteiger partial charge < -0.3 is 14.3 Å². The highest BCUT2D eigenvalue weighted by molar-refractivity contribution is 6.05. The zero-order valence-corrected chi connectivity index (χ0v) is 9.01. The second-order valence-electron chi connectivity index (χ2n) is 3.58. The number of halogens is 1. The second kappa shape index (κ2) is 3.99. The van der Waals surface area contributed by atoms with Crippen LogP contribution in [0.3, 0.4) is 0 Å². The zero-order valence-electron chi connectivity index (χ0n) is 9.01. The molecule has 0 aliphatic heterocycles. The number of nitrogens with zero attached hydrogens (tertiary/aromatic N) is 1. The molecule has 1 amide bonds. The van der Waals surface area contributed by atoms with Crippen molar-refractivity contribution >= 4 is 22.7 Å². The van der Waals surface area contributed by atoms with Crippen molar-refractivity contribution in [1.82, 2.24) is 5.16 Å². The lowest BCUT2D eigenvalue weighted by Crippen LogP contribution is -2.11. The first-order chi connectivity index (χ1) is 8.75. The summed E-state index contributed by atoms with van der Waals surface area (Å²) in [5.41, 5.74) is 0.00671. The second-order valence-corrected chi connectivity index (χ2v) is 3.58. The van der Waals surface area contributed by atoms with Gasteiger partial charge >= 0.3 is 0 Å². The fourth-order valence-electron chi connectivity index (χ4n) is 1.60. The van der Waals surface area contributed by atoms with Gasteiger partial charge in [-0.3, -0.25) is 4.79 Å². The number of benzene rings is 1. The van der Waals surface area contributed by atoms with E-state index in [4.69, 9.17) is 8.94 Å². The van der Waals surface area contributed by atoms with E-state index in [9.17, 15) is 9.18 Å². The highest BCUT2D eigenvalue weighted by Crippen LogP contribution is 2.25. The Bertz CT molecular complexity index is 703. The number of aromatic nitrogens is 1. The minimum atomic E-state index is -0.529. The maximum Gasteiger partial charge on any atom is 0.292 e. The lowest BCUT2D eigenvalue weighted by atomic mass is 10.2. The normalized spacial score (nSPS) is 10.7. The molecule has 90 valence electrons. The van der Waals surface area contributed by atoms with E-state index < -0.39 is 11.7 Å². The summed E-state index contributed by atoms with van der Waals surface area (Å²) >= 11 is 0. The van der Waals surface area contributed by atoms with Gasteiger partial charge in [0.05, 0.1) is 11.6 Å². The monoisotopic (exact) mass is 246 g/mol. The summed E-state index contributed by atoms with van der Waals surface area (Å²) in [6.45, 7) is 0. The van der Waals surface area contributed by atoms with Crippen molar-refractivity contribution in [2.75, 3.05) is 5.32 Å². The molecule has 1 aromatic carbocycles. The van der Waals surface area contributed by atoms with Crippen molar-refractivity contribution in [3.05, 3.63) is 48.2 Å². The smallest absolute Gasteiger partial charge is 0.292 e. The summed E-state index contributed by atoms with van der Waals surface area (Å²) in [5, 5.41) is 6.51. The first-order valence-corrected chi connectivity index (χ1v) is 5.14. The molecule has 0 unspecified atom stereocenters. The molecule has 5 nitrogen and oxygen atoms in total. The summed E-state index contributed by atoms with van der Waals surface area (Å²) in [7, 11) is 0. The molecule has 0 atom stereocenters. The third-order valence-corrected chi connectivity index (χ3v) is 2.43. The maximum atomic E-state index is 13.3. The molecule has 0 saturated carbocycles. The van der Waals surface area contributed by atoms with Crippen molar-refractivity contribution in [1.29, 1.82) is 0 Å². The number of fused-ring (bicyclic) bond motifs is 1. The van der Waals surface area contributed by atoms with Gasteiger partial charge in [0.25, 0.3) is 5.91 Å². The summed E-state index contributed by atoms with van der Waals surface area (Å²) in [6.07, 6.45) is 1.38. The summed E-state index contributed by atoms with van der Waals surface area (Å²) in [4.78, 5) is 11.7. The molecule has 0 saturated heterocycles. The molecule has 0 bridgehead atoms. The quantitative estimate of drug-likeness (QED) is 0.754. The zero-order chi connectivity index (χ0) is 12.5. The number of rotatable bonds is 2. The molecule has 0 spiro atoms. The van der Waals surface area contributed by atoms with Gasteiger partial charge in [0.2, 0.25) is 5.58 Å². The fraction of sp³-hybridized carbons (Fsp3) is 0.